The van der Waals surface area contributed by atoms with Crippen molar-refractivity contribution in [1.29, 1.82) is 0 Å². The summed E-state index contributed by atoms with van der Waals surface area (Å²) >= 11 is -1.33. The van der Waals surface area contributed by atoms with Gasteiger partial charge in [-0.1, -0.05) is 36.4 Å². The van der Waals surface area contributed by atoms with E-state index < -0.39 is 11.2 Å². The third-order valence-electron chi connectivity index (χ3n) is 6.13. The summed E-state index contributed by atoms with van der Waals surface area (Å²) in [5, 5.41) is 6.88. The molecule has 0 bridgehead atoms. The number of fused-ring (bicyclic) bond motifs is 1. The summed E-state index contributed by atoms with van der Waals surface area (Å²) in [6.45, 7) is 1.86. The number of nitrogens with two attached hydrogens (primary N) is 1. The van der Waals surface area contributed by atoms with E-state index in [1.165, 1.54) is 0 Å². The third-order valence-corrected chi connectivity index (χ3v) is 7.42. The monoisotopic (exact) mass is 473 g/mol. The van der Waals surface area contributed by atoms with Gasteiger partial charge in [0.05, 0.1) is 28.5 Å². The third kappa shape index (κ3) is 4.65. The summed E-state index contributed by atoms with van der Waals surface area (Å²) in [6, 6.07) is 22.5. The molecule has 4 N–H and O–H groups in total. The van der Waals surface area contributed by atoms with Crippen molar-refractivity contribution in [3.05, 3.63) is 83.9 Å². The van der Waals surface area contributed by atoms with E-state index in [0.29, 0.717) is 27.8 Å². The number of nitrogens with one attached hydrogen (secondary N) is 2. The van der Waals surface area contributed by atoms with E-state index >= 15 is 0 Å². The lowest BCUT2D eigenvalue weighted by atomic mass is 10.1. The standard InChI is InChI=1S/C26H27N5O2S/c27-21-7-1-2-8-22(21)29-25(32)19-13-11-18(12-14-19)17-34(33)26-30-23-9-3-4-10-24(23)31(26)20-6-5-15-28-16-20/h1-4,7-14,20,28H,5-6,15-17,27H2,(H,29,32). The van der Waals surface area contributed by atoms with Crippen LogP contribution >= 0.6 is 0 Å². The minimum atomic E-state index is -1.33. The molecule has 0 spiro atoms. The van der Waals surface area contributed by atoms with Crippen LogP contribution in [-0.4, -0.2) is 33.1 Å². The molecule has 174 valence electrons. The number of nitrogen functional groups attached to an aromatic ring is 1. The number of carbonyl (C=O) groups excluding carboxylic acids is 1. The summed E-state index contributed by atoms with van der Waals surface area (Å²) in [5.74, 6) is 0.0916. The van der Waals surface area contributed by atoms with Gasteiger partial charge in [0, 0.05) is 28.8 Å². The zero-order valence-corrected chi connectivity index (χ0v) is 19.6. The normalized spacial score (nSPS) is 16.9. The van der Waals surface area contributed by atoms with Crippen LogP contribution in [0.2, 0.25) is 0 Å². The Morgan fingerprint density at radius 3 is 2.65 bits per heavy atom. The number of benzene rings is 3. The van der Waals surface area contributed by atoms with Gasteiger partial charge in [-0.25, -0.2) is 0 Å². The molecule has 7 nitrogen and oxygen atoms in total. The first kappa shape index (κ1) is 22.5. The Kier molecular flexibility index (Phi) is 6.53. The van der Waals surface area contributed by atoms with Gasteiger partial charge in [-0.05, 0) is 55.8 Å². The molecule has 34 heavy (non-hydrogen) atoms. The molecule has 1 aliphatic rings. The molecule has 0 radical (unpaired) electrons. The van der Waals surface area contributed by atoms with Crippen molar-refractivity contribution in [2.24, 2.45) is 0 Å². The number of rotatable bonds is 6. The van der Waals surface area contributed by atoms with Gasteiger partial charge >= 0.3 is 5.16 Å². The minimum absolute atomic E-state index is 0.233. The first-order valence-electron chi connectivity index (χ1n) is 11.4. The Bertz CT molecular complexity index is 1300. The molecule has 1 aromatic heterocycles. The Morgan fingerprint density at radius 2 is 1.88 bits per heavy atom. The number of piperidine rings is 1. The number of hydrogen-bond donors (Lipinski definition) is 3. The predicted molar refractivity (Wildman–Crippen MR) is 136 cm³/mol. The van der Waals surface area contributed by atoms with Crippen molar-refractivity contribution >= 4 is 39.5 Å². The highest BCUT2D eigenvalue weighted by molar-refractivity contribution is 7.90. The molecule has 2 atom stereocenters. The molecule has 3 aromatic carbocycles. The number of anilines is 2. The van der Waals surface area contributed by atoms with E-state index in [1.54, 1.807) is 24.3 Å². The highest BCUT2D eigenvalue weighted by atomic mass is 32.2. The smallest absolute Gasteiger partial charge is 0.324 e. The lowest BCUT2D eigenvalue weighted by Crippen LogP contribution is -2.33. The molecule has 8 heteroatoms. The molecule has 1 saturated heterocycles. The number of para-hydroxylation sites is 4. The molecule has 0 aliphatic carbocycles. The summed E-state index contributed by atoms with van der Waals surface area (Å²) in [4.78, 5) is 17.3. The van der Waals surface area contributed by atoms with E-state index in [9.17, 15) is 9.35 Å². The number of imidazole rings is 1. The Morgan fingerprint density at radius 1 is 1.12 bits per heavy atom. The van der Waals surface area contributed by atoms with Crippen LogP contribution in [0.25, 0.3) is 11.0 Å². The molecule has 1 fully saturated rings. The van der Waals surface area contributed by atoms with E-state index in [4.69, 9.17) is 10.7 Å². The largest absolute Gasteiger partial charge is 0.609 e. The van der Waals surface area contributed by atoms with Gasteiger partial charge in [-0.3, -0.25) is 9.36 Å². The van der Waals surface area contributed by atoms with Crippen molar-refractivity contribution in [1.82, 2.24) is 14.9 Å². The quantitative estimate of drug-likeness (QED) is 0.289. The summed E-state index contributed by atoms with van der Waals surface area (Å²) < 4.78 is 15.6. The summed E-state index contributed by atoms with van der Waals surface area (Å²) in [7, 11) is 0. The molecule has 1 aliphatic heterocycles. The molecule has 2 unspecified atom stereocenters. The first-order chi connectivity index (χ1) is 16.6. The maximum atomic E-state index is 13.5. The molecular formula is C26H27N5O2S. The second-order valence-electron chi connectivity index (χ2n) is 8.48. The zero-order valence-electron chi connectivity index (χ0n) is 18.7. The van der Waals surface area contributed by atoms with E-state index in [0.717, 1.165) is 42.5 Å². The number of nitrogens with zero attached hydrogens (tertiary/aromatic N) is 2. The Labute approximate surface area is 201 Å². The van der Waals surface area contributed by atoms with Crippen LogP contribution in [0.5, 0.6) is 0 Å². The second kappa shape index (κ2) is 9.89. The first-order valence-corrected chi connectivity index (χ1v) is 12.7. The van der Waals surface area contributed by atoms with Crippen LogP contribution in [-0.2, 0) is 16.9 Å². The van der Waals surface area contributed by atoms with E-state index in [2.05, 4.69) is 15.2 Å². The summed E-state index contributed by atoms with van der Waals surface area (Å²) in [5.41, 5.74) is 10.3. The summed E-state index contributed by atoms with van der Waals surface area (Å²) in [6.07, 6.45) is 2.12. The number of hydrogen-bond acceptors (Lipinski definition) is 5. The van der Waals surface area contributed by atoms with Crippen LogP contribution in [0.1, 0.15) is 34.8 Å². The lowest BCUT2D eigenvalue weighted by Gasteiger charge is -2.26. The van der Waals surface area contributed by atoms with Crippen LogP contribution in [0.4, 0.5) is 11.4 Å². The molecular weight excluding hydrogens is 446 g/mol. The zero-order chi connectivity index (χ0) is 23.5. The maximum Gasteiger partial charge on any atom is 0.324 e. The van der Waals surface area contributed by atoms with Gasteiger partial charge in [0.1, 0.15) is 5.75 Å². The Hall–Kier alpha value is -3.33. The highest BCUT2D eigenvalue weighted by Gasteiger charge is 2.28. The molecule has 0 saturated carbocycles. The number of carbonyl (C=O) groups is 1. The fraction of sp³-hybridized carbons (Fsp3) is 0.231. The second-order valence-corrected chi connectivity index (χ2v) is 9.83. The average molecular weight is 474 g/mol. The van der Waals surface area contributed by atoms with Crippen molar-refractivity contribution in [2.45, 2.75) is 29.8 Å². The van der Waals surface area contributed by atoms with Gasteiger partial charge in [-0.2, -0.15) is 4.98 Å². The lowest BCUT2D eigenvalue weighted by molar-refractivity contribution is 0.102. The van der Waals surface area contributed by atoms with Crippen molar-refractivity contribution in [3.63, 3.8) is 0 Å². The Balaban J connectivity index is 1.34. The number of amides is 1. The highest BCUT2D eigenvalue weighted by Crippen LogP contribution is 2.29. The number of aromatic nitrogens is 2. The van der Waals surface area contributed by atoms with Gasteiger partial charge in [0.2, 0.25) is 0 Å². The molecule has 2 heterocycles. The van der Waals surface area contributed by atoms with Gasteiger partial charge in [-0.15, -0.1) is 0 Å². The van der Waals surface area contributed by atoms with Crippen LogP contribution in [0.3, 0.4) is 0 Å². The molecule has 4 aromatic rings. The SMILES string of the molecule is Nc1ccccc1NC(=O)c1ccc(C[S+]([O-])c2nc3ccccc3n2C2CCCNC2)cc1. The van der Waals surface area contributed by atoms with E-state index in [1.807, 2.05) is 48.5 Å². The fourth-order valence-electron chi connectivity index (χ4n) is 4.36. The maximum absolute atomic E-state index is 13.5. The fourth-order valence-corrected chi connectivity index (χ4v) is 5.65. The van der Waals surface area contributed by atoms with Crippen LogP contribution < -0.4 is 16.4 Å². The van der Waals surface area contributed by atoms with Crippen molar-refractivity contribution < 1.29 is 9.35 Å². The molecule has 5 rings (SSSR count). The van der Waals surface area contributed by atoms with Crippen LogP contribution in [0, 0.1) is 0 Å². The van der Waals surface area contributed by atoms with Gasteiger partial charge in [0.15, 0.2) is 0 Å². The molecule has 1 amide bonds. The van der Waals surface area contributed by atoms with Crippen molar-refractivity contribution in [3.8, 4) is 0 Å². The van der Waals surface area contributed by atoms with E-state index in [-0.39, 0.29) is 11.9 Å². The average Bonchev–Trinajstić information content (AvgIpc) is 3.26. The van der Waals surface area contributed by atoms with Crippen molar-refractivity contribution in [2.75, 3.05) is 24.1 Å². The predicted octanol–water partition coefficient (Wildman–Crippen LogP) is 4.10. The minimum Gasteiger partial charge on any atom is -0.609 e. The topological polar surface area (TPSA) is 108 Å². The van der Waals surface area contributed by atoms with Crippen LogP contribution in [0.15, 0.2) is 78.0 Å². The van der Waals surface area contributed by atoms with Gasteiger partial charge in [0.25, 0.3) is 5.91 Å². The van der Waals surface area contributed by atoms with Gasteiger partial charge < -0.3 is 20.9 Å².